The molecule has 1 atom stereocenters. The predicted octanol–water partition coefficient (Wildman–Crippen LogP) is 2.12. The molecule has 1 saturated heterocycles. The molecule has 0 spiro atoms. The van der Waals surface area contributed by atoms with E-state index < -0.39 is 0 Å². The van der Waals surface area contributed by atoms with Gasteiger partial charge in [0.05, 0.1) is 24.6 Å². The molecule has 6 heteroatoms. The number of rotatable bonds is 4. The van der Waals surface area contributed by atoms with Crippen LogP contribution in [0.15, 0.2) is 42.7 Å². The average molecular weight is 337 g/mol. The Morgan fingerprint density at radius 3 is 3.08 bits per heavy atom. The molecule has 1 aliphatic heterocycles. The lowest BCUT2D eigenvalue weighted by atomic mass is 10.0. The third-order valence-electron chi connectivity index (χ3n) is 4.56. The third kappa shape index (κ3) is 4.03. The van der Waals surface area contributed by atoms with Gasteiger partial charge >= 0.3 is 0 Å². The highest BCUT2D eigenvalue weighted by molar-refractivity contribution is 5.36. The summed E-state index contributed by atoms with van der Waals surface area (Å²) in [5, 5.41) is 4.65. The van der Waals surface area contributed by atoms with Gasteiger partial charge in [-0.1, -0.05) is 6.07 Å². The van der Waals surface area contributed by atoms with Gasteiger partial charge in [-0.3, -0.25) is 9.88 Å². The Balaban J connectivity index is 1.44. The lowest BCUT2D eigenvalue weighted by molar-refractivity contribution is 0.121. The van der Waals surface area contributed by atoms with Crippen LogP contribution in [0.25, 0.3) is 5.65 Å². The molecule has 0 amide bonds. The molecule has 3 aromatic heterocycles. The van der Waals surface area contributed by atoms with Gasteiger partial charge in [-0.2, -0.15) is 5.10 Å². The Kier molecular flexibility index (Phi) is 4.72. The van der Waals surface area contributed by atoms with E-state index in [1.54, 1.807) is 6.20 Å². The molecule has 25 heavy (non-hydrogen) atoms. The van der Waals surface area contributed by atoms with Crippen molar-refractivity contribution in [3.8, 4) is 0 Å². The van der Waals surface area contributed by atoms with E-state index >= 15 is 0 Å². The van der Waals surface area contributed by atoms with Crippen molar-refractivity contribution in [2.75, 3.05) is 26.3 Å². The summed E-state index contributed by atoms with van der Waals surface area (Å²) < 4.78 is 7.67. The lowest BCUT2D eigenvalue weighted by Crippen LogP contribution is -2.31. The Bertz CT molecular complexity index is 846. The van der Waals surface area contributed by atoms with Crippen LogP contribution in [0.2, 0.25) is 0 Å². The van der Waals surface area contributed by atoms with Crippen molar-refractivity contribution in [3.63, 3.8) is 0 Å². The van der Waals surface area contributed by atoms with Crippen LogP contribution in [0.3, 0.4) is 0 Å². The number of ether oxygens (including phenoxy) is 1. The monoisotopic (exact) mass is 337 g/mol. The largest absolute Gasteiger partial charge is 0.380 e. The molecular weight excluding hydrogens is 314 g/mol. The standard InChI is InChI=1S/C19H23N5O/c1-15-3-2-4-18(21-15)13-23-9-10-25-14-16(12-23)11-17-5-6-19-20-7-8-24(19)22-17/h2-8,16H,9-14H2,1H3. The van der Waals surface area contributed by atoms with Crippen molar-refractivity contribution in [2.45, 2.75) is 19.9 Å². The highest BCUT2D eigenvalue weighted by Crippen LogP contribution is 2.15. The first kappa shape index (κ1) is 16.2. The highest BCUT2D eigenvalue weighted by atomic mass is 16.5. The second-order valence-electron chi connectivity index (χ2n) is 6.71. The summed E-state index contributed by atoms with van der Waals surface area (Å²) in [5.74, 6) is 0.431. The molecule has 0 N–H and O–H groups in total. The molecule has 4 rings (SSSR count). The maximum Gasteiger partial charge on any atom is 0.153 e. The van der Waals surface area contributed by atoms with Gasteiger partial charge in [0.2, 0.25) is 0 Å². The molecule has 6 nitrogen and oxygen atoms in total. The number of fused-ring (bicyclic) bond motifs is 1. The quantitative estimate of drug-likeness (QED) is 0.730. The van der Waals surface area contributed by atoms with Gasteiger partial charge < -0.3 is 4.74 Å². The van der Waals surface area contributed by atoms with Gasteiger partial charge in [0.15, 0.2) is 5.65 Å². The van der Waals surface area contributed by atoms with E-state index in [1.807, 2.05) is 29.8 Å². The highest BCUT2D eigenvalue weighted by Gasteiger charge is 2.20. The van der Waals surface area contributed by atoms with Crippen LogP contribution in [0.1, 0.15) is 17.1 Å². The fraction of sp³-hybridized carbons (Fsp3) is 0.421. The zero-order valence-electron chi connectivity index (χ0n) is 14.5. The van der Waals surface area contributed by atoms with E-state index in [0.717, 1.165) is 62.0 Å². The summed E-state index contributed by atoms with van der Waals surface area (Å²) in [6.45, 7) is 6.41. The fourth-order valence-electron chi connectivity index (χ4n) is 3.40. The van der Waals surface area contributed by atoms with Crippen LogP contribution in [0.5, 0.6) is 0 Å². The second kappa shape index (κ2) is 7.29. The summed E-state index contributed by atoms with van der Waals surface area (Å²) in [6.07, 6.45) is 4.57. The first-order valence-electron chi connectivity index (χ1n) is 8.78. The van der Waals surface area contributed by atoms with Crippen LogP contribution in [0, 0.1) is 12.8 Å². The summed E-state index contributed by atoms with van der Waals surface area (Å²) in [7, 11) is 0. The van der Waals surface area contributed by atoms with Crippen LogP contribution in [0.4, 0.5) is 0 Å². The minimum atomic E-state index is 0.431. The zero-order chi connectivity index (χ0) is 17.1. The Hall–Kier alpha value is -2.31. The molecule has 3 aromatic rings. The molecule has 0 bridgehead atoms. The maximum atomic E-state index is 5.83. The number of aromatic nitrogens is 4. The SMILES string of the molecule is Cc1cccc(CN2CCOCC(Cc3ccc4nccn4n3)C2)n1. The summed E-state index contributed by atoms with van der Waals surface area (Å²) in [4.78, 5) is 11.3. The van der Waals surface area contributed by atoms with Gasteiger partial charge in [0, 0.05) is 43.6 Å². The van der Waals surface area contributed by atoms with Gasteiger partial charge in [-0.05, 0) is 37.6 Å². The average Bonchev–Trinajstić information content (AvgIpc) is 2.95. The summed E-state index contributed by atoms with van der Waals surface area (Å²) >= 11 is 0. The van der Waals surface area contributed by atoms with Crippen molar-refractivity contribution in [3.05, 3.63) is 59.8 Å². The Morgan fingerprint density at radius 2 is 2.16 bits per heavy atom. The number of hydrogen-bond donors (Lipinski definition) is 0. The molecule has 1 fully saturated rings. The number of aryl methyl sites for hydroxylation is 1. The number of imidazole rings is 1. The first-order valence-corrected chi connectivity index (χ1v) is 8.78. The Morgan fingerprint density at radius 1 is 1.20 bits per heavy atom. The molecular formula is C19H23N5O. The first-order chi connectivity index (χ1) is 12.3. The normalized spacial score (nSPS) is 19.2. The predicted molar refractivity (Wildman–Crippen MR) is 95.3 cm³/mol. The smallest absolute Gasteiger partial charge is 0.153 e. The molecule has 0 radical (unpaired) electrons. The molecule has 1 aliphatic rings. The fourth-order valence-corrected chi connectivity index (χ4v) is 3.40. The van der Waals surface area contributed by atoms with E-state index in [-0.39, 0.29) is 0 Å². The van der Waals surface area contributed by atoms with E-state index in [2.05, 4.69) is 38.2 Å². The minimum Gasteiger partial charge on any atom is -0.380 e. The molecule has 1 unspecified atom stereocenters. The number of pyridine rings is 1. The van der Waals surface area contributed by atoms with Gasteiger partial charge in [-0.25, -0.2) is 9.50 Å². The van der Waals surface area contributed by atoms with Crippen molar-refractivity contribution < 1.29 is 4.74 Å². The second-order valence-corrected chi connectivity index (χ2v) is 6.71. The minimum absolute atomic E-state index is 0.431. The van der Waals surface area contributed by atoms with E-state index in [4.69, 9.17) is 4.74 Å². The molecule has 130 valence electrons. The lowest BCUT2D eigenvalue weighted by Gasteiger charge is -2.23. The van der Waals surface area contributed by atoms with Crippen molar-refractivity contribution in [1.82, 2.24) is 24.5 Å². The topological polar surface area (TPSA) is 55.5 Å². The van der Waals surface area contributed by atoms with Crippen molar-refractivity contribution in [2.24, 2.45) is 5.92 Å². The van der Waals surface area contributed by atoms with E-state index in [1.165, 1.54) is 0 Å². The number of hydrogen-bond acceptors (Lipinski definition) is 5. The van der Waals surface area contributed by atoms with Crippen LogP contribution >= 0.6 is 0 Å². The van der Waals surface area contributed by atoms with Crippen LogP contribution < -0.4 is 0 Å². The van der Waals surface area contributed by atoms with Gasteiger partial charge in [-0.15, -0.1) is 0 Å². The van der Waals surface area contributed by atoms with E-state index in [9.17, 15) is 0 Å². The van der Waals surface area contributed by atoms with Gasteiger partial charge in [0.1, 0.15) is 0 Å². The van der Waals surface area contributed by atoms with Crippen LogP contribution in [-0.2, 0) is 17.7 Å². The van der Waals surface area contributed by atoms with Crippen LogP contribution in [-0.4, -0.2) is 50.8 Å². The van der Waals surface area contributed by atoms with Gasteiger partial charge in [0.25, 0.3) is 0 Å². The molecule has 0 saturated carbocycles. The molecule has 0 aliphatic carbocycles. The molecule has 4 heterocycles. The maximum absolute atomic E-state index is 5.83. The third-order valence-corrected chi connectivity index (χ3v) is 4.56. The van der Waals surface area contributed by atoms with E-state index in [0.29, 0.717) is 5.92 Å². The molecule has 0 aromatic carbocycles. The van der Waals surface area contributed by atoms with Crippen molar-refractivity contribution >= 4 is 5.65 Å². The van der Waals surface area contributed by atoms with Crippen molar-refractivity contribution in [1.29, 1.82) is 0 Å². The summed E-state index contributed by atoms with van der Waals surface area (Å²) in [6, 6.07) is 10.3. The Labute approximate surface area is 147 Å². The zero-order valence-corrected chi connectivity index (χ0v) is 14.5. The summed E-state index contributed by atoms with van der Waals surface area (Å²) in [5.41, 5.74) is 4.15. The number of nitrogens with zero attached hydrogens (tertiary/aromatic N) is 5.